The van der Waals surface area contributed by atoms with Crippen LogP contribution in [0.3, 0.4) is 0 Å². The third-order valence-corrected chi connectivity index (χ3v) is 2.99. The van der Waals surface area contributed by atoms with Gasteiger partial charge in [0.2, 0.25) is 0 Å². The maximum Gasteiger partial charge on any atom is 0.170 e. The van der Waals surface area contributed by atoms with E-state index in [0.29, 0.717) is 36.7 Å². The van der Waals surface area contributed by atoms with E-state index in [2.05, 4.69) is 0 Å². The van der Waals surface area contributed by atoms with Crippen LogP contribution >= 0.6 is 0 Å². The van der Waals surface area contributed by atoms with Crippen LogP contribution in [-0.2, 0) is 4.79 Å². The fraction of sp³-hybridized carbons (Fsp3) is 0.529. The molecule has 0 bridgehead atoms. The molecule has 0 amide bonds. The van der Waals surface area contributed by atoms with Crippen LogP contribution in [0, 0.1) is 0 Å². The topological polar surface area (TPSA) is 52.6 Å². The summed E-state index contributed by atoms with van der Waals surface area (Å²) in [5.74, 6) is 0.987. The van der Waals surface area contributed by atoms with E-state index in [1.807, 2.05) is 20.8 Å². The molecule has 0 saturated carbocycles. The molecule has 0 heterocycles. The number of ketones is 2. The average Bonchev–Trinajstić information content (AvgIpc) is 2.45. The van der Waals surface area contributed by atoms with Gasteiger partial charge >= 0.3 is 0 Å². The summed E-state index contributed by atoms with van der Waals surface area (Å²) in [7, 11) is 0. The highest BCUT2D eigenvalue weighted by Gasteiger charge is 2.14. The number of carbonyl (C=O) groups is 2. The van der Waals surface area contributed by atoms with Crippen LogP contribution in [0.25, 0.3) is 0 Å². The van der Waals surface area contributed by atoms with Gasteiger partial charge in [0.15, 0.2) is 5.78 Å². The molecule has 0 aliphatic rings. The van der Waals surface area contributed by atoms with Crippen molar-refractivity contribution in [3.8, 4) is 11.5 Å². The number of rotatable bonds is 10. The number of ether oxygens (including phenoxy) is 2. The fourth-order valence-corrected chi connectivity index (χ4v) is 1.98. The molecule has 0 unspecified atom stereocenters. The van der Waals surface area contributed by atoms with Crippen LogP contribution in [0.15, 0.2) is 18.2 Å². The molecule has 1 aromatic rings. The van der Waals surface area contributed by atoms with Gasteiger partial charge in [-0.3, -0.25) is 9.59 Å². The van der Waals surface area contributed by atoms with Gasteiger partial charge in [-0.1, -0.05) is 13.3 Å². The van der Waals surface area contributed by atoms with Crippen molar-refractivity contribution < 1.29 is 19.1 Å². The first-order chi connectivity index (χ1) is 10.1. The second-order valence-electron chi connectivity index (χ2n) is 4.80. The van der Waals surface area contributed by atoms with Crippen molar-refractivity contribution in [3.05, 3.63) is 23.8 Å². The van der Waals surface area contributed by atoms with Gasteiger partial charge < -0.3 is 9.47 Å². The molecular weight excluding hydrogens is 268 g/mol. The molecule has 116 valence electrons. The normalized spacial score (nSPS) is 10.2. The van der Waals surface area contributed by atoms with Crippen LogP contribution in [-0.4, -0.2) is 24.8 Å². The standard InChI is InChI=1S/C17H24O4/c1-4-7-8-14(18)11-17(19)13-9-15(20-5-2)12-16(10-13)21-6-3/h9-10,12H,4-8,11H2,1-3H3. The van der Waals surface area contributed by atoms with Crippen LogP contribution in [0.4, 0.5) is 0 Å². The van der Waals surface area contributed by atoms with Crippen molar-refractivity contribution in [1.82, 2.24) is 0 Å². The molecule has 4 heteroatoms. The van der Waals surface area contributed by atoms with E-state index in [-0.39, 0.29) is 18.0 Å². The Balaban J connectivity index is 2.83. The van der Waals surface area contributed by atoms with E-state index in [1.54, 1.807) is 18.2 Å². The van der Waals surface area contributed by atoms with Gasteiger partial charge in [0.25, 0.3) is 0 Å². The van der Waals surface area contributed by atoms with Crippen molar-refractivity contribution in [1.29, 1.82) is 0 Å². The summed E-state index contributed by atoms with van der Waals surface area (Å²) < 4.78 is 10.9. The molecule has 0 aliphatic carbocycles. The van der Waals surface area contributed by atoms with E-state index in [1.165, 1.54) is 0 Å². The quantitative estimate of drug-likeness (QED) is 0.486. The zero-order valence-corrected chi connectivity index (χ0v) is 13.1. The maximum absolute atomic E-state index is 12.2. The molecule has 0 spiro atoms. The molecule has 4 nitrogen and oxygen atoms in total. The first-order valence-electron chi connectivity index (χ1n) is 7.56. The minimum Gasteiger partial charge on any atom is -0.494 e. The summed E-state index contributed by atoms with van der Waals surface area (Å²) in [6.45, 7) is 6.80. The molecular formula is C17H24O4. The third-order valence-electron chi connectivity index (χ3n) is 2.99. The number of unbranched alkanes of at least 4 members (excludes halogenated alkanes) is 1. The second kappa shape index (κ2) is 9.16. The zero-order valence-electron chi connectivity index (χ0n) is 13.1. The molecule has 0 N–H and O–H groups in total. The maximum atomic E-state index is 12.2. The van der Waals surface area contributed by atoms with E-state index < -0.39 is 0 Å². The molecule has 21 heavy (non-hydrogen) atoms. The van der Waals surface area contributed by atoms with Gasteiger partial charge in [0, 0.05) is 18.1 Å². The highest BCUT2D eigenvalue weighted by molar-refractivity contribution is 6.08. The van der Waals surface area contributed by atoms with Crippen LogP contribution in [0.2, 0.25) is 0 Å². The average molecular weight is 292 g/mol. The van der Waals surface area contributed by atoms with Gasteiger partial charge in [0.05, 0.1) is 19.6 Å². The summed E-state index contributed by atoms with van der Waals surface area (Å²) in [6, 6.07) is 5.09. The molecule has 0 atom stereocenters. The second-order valence-corrected chi connectivity index (χ2v) is 4.80. The van der Waals surface area contributed by atoms with E-state index in [4.69, 9.17) is 9.47 Å². The molecule has 0 aliphatic heterocycles. The van der Waals surface area contributed by atoms with Crippen LogP contribution in [0.1, 0.15) is 56.8 Å². The van der Waals surface area contributed by atoms with Gasteiger partial charge in [-0.15, -0.1) is 0 Å². The van der Waals surface area contributed by atoms with Crippen molar-refractivity contribution in [2.24, 2.45) is 0 Å². The van der Waals surface area contributed by atoms with Crippen molar-refractivity contribution >= 4 is 11.6 Å². The molecule has 0 saturated heterocycles. The number of Topliss-reactive ketones (excluding diaryl/α,β-unsaturated/α-hetero) is 2. The van der Waals surface area contributed by atoms with E-state index >= 15 is 0 Å². The highest BCUT2D eigenvalue weighted by Crippen LogP contribution is 2.24. The summed E-state index contributed by atoms with van der Waals surface area (Å²) >= 11 is 0. The SMILES string of the molecule is CCCCC(=O)CC(=O)c1cc(OCC)cc(OCC)c1. The van der Waals surface area contributed by atoms with Crippen molar-refractivity contribution in [2.75, 3.05) is 13.2 Å². The summed E-state index contributed by atoms with van der Waals surface area (Å²) in [5.41, 5.74) is 0.467. The number of carbonyl (C=O) groups excluding carboxylic acids is 2. The Morgan fingerprint density at radius 3 is 2.00 bits per heavy atom. The smallest absolute Gasteiger partial charge is 0.170 e. The van der Waals surface area contributed by atoms with Crippen molar-refractivity contribution in [3.63, 3.8) is 0 Å². The van der Waals surface area contributed by atoms with Crippen LogP contribution < -0.4 is 9.47 Å². The molecule has 0 fully saturated rings. The number of hydrogen-bond acceptors (Lipinski definition) is 4. The lowest BCUT2D eigenvalue weighted by Gasteiger charge is -2.10. The van der Waals surface area contributed by atoms with Gasteiger partial charge in [0.1, 0.15) is 17.3 Å². The number of hydrogen-bond donors (Lipinski definition) is 0. The molecule has 0 radical (unpaired) electrons. The predicted octanol–water partition coefficient (Wildman–Crippen LogP) is 3.82. The summed E-state index contributed by atoms with van der Waals surface area (Å²) in [5, 5.41) is 0. The first-order valence-corrected chi connectivity index (χ1v) is 7.56. The minimum atomic E-state index is -0.182. The van der Waals surface area contributed by atoms with E-state index in [9.17, 15) is 9.59 Å². The fourth-order valence-electron chi connectivity index (χ4n) is 1.98. The lowest BCUT2D eigenvalue weighted by molar-refractivity contribution is -0.118. The lowest BCUT2D eigenvalue weighted by Crippen LogP contribution is -2.09. The Morgan fingerprint density at radius 1 is 0.952 bits per heavy atom. The Kier molecular flexibility index (Phi) is 7.51. The zero-order chi connectivity index (χ0) is 15.7. The minimum absolute atomic E-state index is 0.0124. The Morgan fingerprint density at radius 2 is 1.52 bits per heavy atom. The Bertz CT molecular complexity index is 455. The Hall–Kier alpha value is -1.84. The third kappa shape index (κ3) is 5.98. The van der Waals surface area contributed by atoms with Crippen LogP contribution in [0.5, 0.6) is 11.5 Å². The summed E-state index contributed by atoms with van der Waals surface area (Å²) in [4.78, 5) is 23.9. The van der Waals surface area contributed by atoms with Gasteiger partial charge in [-0.25, -0.2) is 0 Å². The van der Waals surface area contributed by atoms with Gasteiger partial charge in [-0.2, -0.15) is 0 Å². The van der Waals surface area contributed by atoms with Gasteiger partial charge in [-0.05, 0) is 32.4 Å². The monoisotopic (exact) mass is 292 g/mol. The van der Waals surface area contributed by atoms with E-state index in [0.717, 1.165) is 12.8 Å². The Labute approximate surface area is 126 Å². The molecule has 1 aromatic carbocycles. The van der Waals surface area contributed by atoms with Crippen molar-refractivity contribution in [2.45, 2.75) is 46.5 Å². The number of benzene rings is 1. The lowest BCUT2D eigenvalue weighted by atomic mass is 10.0. The largest absolute Gasteiger partial charge is 0.494 e. The predicted molar refractivity (Wildman–Crippen MR) is 82.3 cm³/mol. The molecule has 1 rings (SSSR count). The summed E-state index contributed by atoms with van der Waals surface area (Å²) in [6.07, 6.45) is 2.19. The highest BCUT2D eigenvalue weighted by atomic mass is 16.5. The molecule has 0 aromatic heterocycles. The first kappa shape index (κ1) is 17.2.